The lowest BCUT2D eigenvalue weighted by Crippen LogP contribution is -2.44. The van der Waals surface area contributed by atoms with Crippen LogP contribution in [-0.4, -0.2) is 41.1 Å². The van der Waals surface area contributed by atoms with Crippen LogP contribution in [0.2, 0.25) is 5.02 Å². The van der Waals surface area contributed by atoms with Crippen LogP contribution in [0.15, 0.2) is 24.4 Å². The summed E-state index contributed by atoms with van der Waals surface area (Å²) in [6.07, 6.45) is 4.25. The van der Waals surface area contributed by atoms with E-state index in [1.54, 1.807) is 0 Å². The van der Waals surface area contributed by atoms with E-state index < -0.39 is 6.03 Å². The Morgan fingerprint density at radius 2 is 2.25 bits per heavy atom. The smallest absolute Gasteiger partial charge is 0.321 e. The van der Waals surface area contributed by atoms with Crippen molar-refractivity contribution < 1.29 is 14.3 Å². The lowest BCUT2D eigenvalue weighted by Gasteiger charge is -2.21. The van der Waals surface area contributed by atoms with E-state index in [0.717, 1.165) is 34.2 Å². The van der Waals surface area contributed by atoms with E-state index >= 15 is 0 Å². The number of imide groups is 1. The first-order valence-electron chi connectivity index (χ1n) is 8.02. The molecule has 1 saturated heterocycles. The molecule has 3 rings (SSSR count). The summed E-state index contributed by atoms with van der Waals surface area (Å²) in [5.74, 6) is -0.283. The van der Waals surface area contributed by atoms with Crippen LogP contribution in [0.1, 0.15) is 24.8 Å². The quantitative estimate of drug-likeness (QED) is 0.869. The number of hydrogen-bond acceptors (Lipinski definition) is 3. The highest BCUT2D eigenvalue weighted by Gasteiger charge is 2.25. The molecule has 0 radical (unpaired) electrons. The second kappa shape index (κ2) is 7.23. The lowest BCUT2D eigenvalue weighted by atomic mass is 10.1. The molecule has 24 heavy (non-hydrogen) atoms. The van der Waals surface area contributed by atoms with Crippen molar-refractivity contribution in [2.24, 2.45) is 5.73 Å². The topological polar surface area (TPSA) is 88.4 Å². The van der Waals surface area contributed by atoms with Gasteiger partial charge in [-0.15, -0.1) is 0 Å². The molecule has 3 N–H and O–H groups in total. The van der Waals surface area contributed by atoms with Gasteiger partial charge in [0.2, 0.25) is 5.91 Å². The Labute approximate surface area is 144 Å². The number of carbonyl (C=O) groups excluding carboxylic acids is 2. The minimum absolute atomic E-state index is 0.103. The number of nitrogens with zero attached hydrogens (tertiary/aromatic N) is 1. The molecular formula is C17H20ClN3O3. The van der Waals surface area contributed by atoms with Gasteiger partial charge in [0.15, 0.2) is 0 Å². The largest absolute Gasteiger partial charge is 0.376 e. The van der Waals surface area contributed by atoms with Gasteiger partial charge in [0.25, 0.3) is 0 Å². The number of aromatic amines is 1. The minimum Gasteiger partial charge on any atom is -0.376 e. The number of H-pyrrole nitrogens is 1. The highest BCUT2D eigenvalue weighted by atomic mass is 35.5. The predicted molar refractivity (Wildman–Crippen MR) is 91.9 cm³/mol. The Bertz CT molecular complexity index is 753. The predicted octanol–water partition coefficient (Wildman–Crippen LogP) is 2.84. The summed E-state index contributed by atoms with van der Waals surface area (Å²) in [7, 11) is 0. The second-order valence-electron chi connectivity index (χ2n) is 5.95. The van der Waals surface area contributed by atoms with Crippen molar-refractivity contribution in [2.45, 2.75) is 31.8 Å². The van der Waals surface area contributed by atoms with Gasteiger partial charge in [0.1, 0.15) is 0 Å². The van der Waals surface area contributed by atoms with E-state index in [-0.39, 0.29) is 25.0 Å². The average molecular weight is 350 g/mol. The number of fused-ring (bicyclic) bond motifs is 1. The summed E-state index contributed by atoms with van der Waals surface area (Å²) in [5.41, 5.74) is 7.20. The standard InChI is InChI=1S/C17H20ClN3O3/c18-14-5-1-4-13-11(9-20-16(13)14)6-7-15(22)21(17(19)23)10-12-3-2-8-24-12/h1,4-5,9,12,20H,2-3,6-8,10H2,(H2,19,23). The number of rotatable bonds is 5. The van der Waals surface area contributed by atoms with Gasteiger partial charge >= 0.3 is 6.03 Å². The van der Waals surface area contributed by atoms with E-state index in [1.807, 2.05) is 24.4 Å². The highest BCUT2D eigenvalue weighted by Crippen LogP contribution is 2.26. The molecule has 1 atom stereocenters. The van der Waals surface area contributed by atoms with Crippen molar-refractivity contribution in [3.8, 4) is 0 Å². The van der Waals surface area contributed by atoms with Crippen LogP contribution in [0.3, 0.4) is 0 Å². The van der Waals surface area contributed by atoms with Gasteiger partial charge in [0, 0.05) is 24.6 Å². The number of benzene rings is 1. The highest BCUT2D eigenvalue weighted by molar-refractivity contribution is 6.35. The fourth-order valence-corrected chi connectivity index (χ4v) is 3.29. The summed E-state index contributed by atoms with van der Waals surface area (Å²) >= 11 is 6.14. The summed E-state index contributed by atoms with van der Waals surface area (Å²) in [4.78, 5) is 28.2. The summed E-state index contributed by atoms with van der Waals surface area (Å²) in [6.45, 7) is 0.898. The number of nitrogens with one attached hydrogen (secondary N) is 1. The van der Waals surface area contributed by atoms with E-state index in [4.69, 9.17) is 22.1 Å². The Hall–Kier alpha value is -2.05. The monoisotopic (exact) mass is 349 g/mol. The first kappa shape index (κ1) is 16.8. The number of carbonyl (C=O) groups is 2. The zero-order valence-corrected chi connectivity index (χ0v) is 14.0. The molecule has 6 nitrogen and oxygen atoms in total. The van der Waals surface area contributed by atoms with Gasteiger partial charge in [-0.25, -0.2) is 4.79 Å². The maximum atomic E-state index is 12.4. The van der Waals surface area contributed by atoms with Crippen molar-refractivity contribution in [3.63, 3.8) is 0 Å². The van der Waals surface area contributed by atoms with E-state index in [0.29, 0.717) is 18.1 Å². The van der Waals surface area contributed by atoms with Crippen LogP contribution < -0.4 is 5.73 Å². The normalized spacial score (nSPS) is 17.3. The number of primary amides is 1. The van der Waals surface area contributed by atoms with Gasteiger partial charge in [-0.05, 0) is 30.9 Å². The molecule has 7 heteroatoms. The molecule has 3 amide bonds. The maximum absolute atomic E-state index is 12.4. The summed E-state index contributed by atoms with van der Waals surface area (Å²) in [6, 6.07) is 4.91. The second-order valence-corrected chi connectivity index (χ2v) is 6.36. The van der Waals surface area contributed by atoms with Gasteiger partial charge in [-0.1, -0.05) is 23.7 Å². The van der Waals surface area contributed by atoms with Gasteiger partial charge in [-0.2, -0.15) is 0 Å². The fraction of sp³-hybridized carbons (Fsp3) is 0.412. The molecule has 0 bridgehead atoms. The van der Waals surface area contributed by atoms with Crippen LogP contribution >= 0.6 is 11.6 Å². The molecule has 0 aliphatic carbocycles. The van der Waals surface area contributed by atoms with E-state index in [9.17, 15) is 9.59 Å². The lowest BCUT2D eigenvalue weighted by molar-refractivity contribution is -0.129. The Morgan fingerprint density at radius 1 is 1.42 bits per heavy atom. The average Bonchev–Trinajstić information content (AvgIpc) is 3.20. The molecule has 1 aromatic carbocycles. The van der Waals surface area contributed by atoms with Crippen molar-refractivity contribution in [3.05, 3.63) is 35.0 Å². The van der Waals surface area contributed by atoms with Gasteiger partial charge < -0.3 is 15.5 Å². The number of para-hydroxylation sites is 1. The number of ether oxygens (including phenoxy) is 1. The molecule has 1 unspecified atom stereocenters. The van der Waals surface area contributed by atoms with E-state index in [1.165, 1.54) is 0 Å². The Balaban J connectivity index is 1.66. The molecule has 2 aromatic rings. The number of amides is 3. The fourth-order valence-electron chi connectivity index (χ4n) is 3.07. The third kappa shape index (κ3) is 3.55. The first-order chi connectivity index (χ1) is 11.6. The third-order valence-corrected chi connectivity index (χ3v) is 4.65. The van der Waals surface area contributed by atoms with E-state index in [2.05, 4.69) is 4.98 Å². The van der Waals surface area contributed by atoms with Crippen molar-refractivity contribution in [2.75, 3.05) is 13.2 Å². The summed E-state index contributed by atoms with van der Waals surface area (Å²) < 4.78 is 5.48. The molecule has 128 valence electrons. The first-order valence-corrected chi connectivity index (χ1v) is 8.40. The van der Waals surface area contributed by atoms with Crippen molar-refractivity contribution >= 4 is 34.4 Å². The number of aromatic nitrogens is 1. The molecule has 1 aliphatic heterocycles. The third-order valence-electron chi connectivity index (χ3n) is 4.34. The molecular weight excluding hydrogens is 330 g/mol. The minimum atomic E-state index is -0.725. The van der Waals surface area contributed by atoms with Crippen LogP contribution in [0, 0.1) is 0 Å². The Kier molecular flexibility index (Phi) is 5.06. The molecule has 0 saturated carbocycles. The van der Waals surface area contributed by atoms with Crippen molar-refractivity contribution in [1.29, 1.82) is 0 Å². The molecule has 1 aliphatic rings. The van der Waals surface area contributed by atoms with Crippen LogP contribution in [0.25, 0.3) is 10.9 Å². The molecule has 0 spiro atoms. The van der Waals surface area contributed by atoms with Crippen LogP contribution in [0.5, 0.6) is 0 Å². The number of nitrogens with two attached hydrogens (primary N) is 1. The van der Waals surface area contributed by atoms with Crippen LogP contribution in [-0.2, 0) is 16.0 Å². The molecule has 1 fully saturated rings. The van der Waals surface area contributed by atoms with Gasteiger partial charge in [0.05, 0.1) is 23.2 Å². The number of hydrogen-bond donors (Lipinski definition) is 2. The van der Waals surface area contributed by atoms with Crippen molar-refractivity contribution in [1.82, 2.24) is 9.88 Å². The number of aryl methyl sites for hydroxylation is 1. The van der Waals surface area contributed by atoms with Crippen LogP contribution in [0.4, 0.5) is 4.79 Å². The van der Waals surface area contributed by atoms with Gasteiger partial charge in [-0.3, -0.25) is 9.69 Å². The number of halogens is 1. The summed E-state index contributed by atoms with van der Waals surface area (Å²) in [5, 5.41) is 1.63. The Morgan fingerprint density at radius 3 is 2.96 bits per heavy atom. The molecule has 1 aromatic heterocycles. The zero-order chi connectivity index (χ0) is 17.1. The molecule has 2 heterocycles. The number of urea groups is 1. The zero-order valence-electron chi connectivity index (χ0n) is 13.3. The SMILES string of the molecule is NC(=O)N(CC1CCCO1)C(=O)CCc1c[nH]c2c(Cl)cccc12. The maximum Gasteiger partial charge on any atom is 0.321 e.